The van der Waals surface area contributed by atoms with Gasteiger partial charge in [0.05, 0.1) is 16.8 Å². The molecule has 1 aliphatic heterocycles. The Labute approximate surface area is 148 Å². The van der Waals surface area contributed by atoms with Crippen molar-refractivity contribution in [3.63, 3.8) is 0 Å². The molecular weight excluding hydrogens is 344 g/mol. The number of H-pyrrole nitrogens is 1. The van der Waals surface area contributed by atoms with E-state index in [0.717, 1.165) is 11.3 Å². The average molecular weight is 364 g/mol. The predicted molar refractivity (Wildman–Crippen MR) is 94.1 cm³/mol. The topological polar surface area (TPSA) is 107 Å². The van der Waals surface area contributed by atoms with Crippen molar-refractivity contribution in [1.29, 1.82) is 0 Å². The minimum Gasteiger partial charge on any atom is -0.480 e. The first-order valence-corrected chi connectivity index (χ1v) is 8.82. The van der Waals surface area contributed by atoms with Crippen LogP contribution in [0.1, 0.15) is 33.9 Å². The lowest BCUT2D eigenvalue weighted by Gasteiger charge is -2.20. The lowest BCUT2D eigenvalue weighted by Crippen LogP contribution is -2.40. The van der Waals surface area contributed by atoms with Gasteiger partial charge in [0.1, 0.15) is 16.7 Å². The number of hydrogen-bond donors (Lipinski definition) is 2. The number of rotatable bonds is 4. The number of aliphatic carboxylic acids is 1. The highest BCUT2D eigenvalue weighted by Gasteiger charge is 2.36. The molecule has 0 aromatic carbocycles. The molecule has 0 aliphatic carbocycles. The second kappa shape index (κ2) is 6.57. The van der Waals surface area contributed by atoms with E-state index in [1.54, 1.807) is 6.92 Å². The van der Waals surface area contributed by atoms with Gasteiger partial charge in [-0.15, -0.1) is 11.3 Å². The molecule has 1 amide bonds. The highest BCUT2D eigenvalue weighted by atomic mass is 32.1. The van der Waals surface area contributed by atoms with Crippen LogP contribution in [0, 0.1) is 6.92 Å². The van der Waals surface area contributed by atoms with Gasteiger partial charge in [0.25, 0.3) is 11.5 Å². The number of aryl methyl sites for hydroxylation is 1. The summed E-state index contributed by atoms with van der Waals surface area (Å²) in [7, 11) is 3.75. The fourth-order valence-electron chi connectivity index (χ4n) is 3.16. The zero-order valence-corrected chi connectivity index (χ0v) is 15.1. The number of carboxylic acid groups (broad SMARTS) is 1. The number of fused-ring (bicyclic) bond motifs is 1. The molecule has 1 saturated heterocycles. The summed E-state index contributed by atoms with van der Waals surface area (Å²) in [4.78, 5) is 48.0. The summed E-state index contributed by atoms with van der Waals surface area (Å²) >= 11 is 1.15. The van der Waals surface area contributed by atoms with Crippen molar-refractivity contribution in [3.05, 3.63) is 26.6 Å². The van der Waals surface area contributed by atoms with Crippen LogP contribution in [0.4, 0.5) is 0 Å². The summed E-state index contributed by atoms with van der Waals surface area (Å²) in [6.45, 7) is 2.61. The highest BCUT2D eigenvalue weighted by molar-refractivity contribution is 7.20. The summed E-state index contributed by atoms with van der Waals surface area (Å²) in [5.41, 5.74) is 0.289. The summed E-state index contributed by atoms with van der Waals surface area (Å²) in [6, 6.07) is -0.798. The molecule has 1 atom stereocenters. The second-order valence-electron chi connectivity index (χ2n) is 6.48. The van der Waals surface area contributed by atoms with E-state index in [-0.39, 0.29) is 11.5 Å². The molecule has 2 aromatic rings. The van der Waals surface area contributed by atoms with Crippen molar-refractivity contribution in [2.24, 2.45) is 0 Å². The maximum absolute atomic E-state index is 12.9. The van der Waals surface area contributed by atoms with Crippen LogP contribution >= 0.6 is 11.3 Å². The molecule has 3 rings (SSSR count). The molecule has 25 heavy (non-hydrogen) atoms. The molecule has 2 aromatic heterocycles. The molecular formula is C16H20N4O4S. The van der Waals surface area contributed by atoms with Crippen molar-refractivity contribution in [1.82, 2.24) is 19.8 Å². The van der Waals surface area contributed by atoms with Crippen molar-refractivity contribution in [2.45, 2.75) is 32.4 Å². The minimum absolute atomic E-state index is 0.272. The fraction of sp³-hybridized carbons (Fsp3) is 0.500. The lowest BCUT2D eigenvalue weighted by molar-refractivity contribution is -0.141. The Balaban J connectivity index is 2.04. The lowest BCUT2D eigenvalue weighted by atomic mass is 10.2. The number of hydrogen-bond acceptors (Lipinski definition) is 6. The molecule has 2 N–H and O–H groups in total. The molecule has 1 fully saturated rings. The predicted octanol–water partition coefficient (Wildman–Crippen LogP) is 1.04. The van der Waals surface area contributed by atoms with Gasteiger partial charge in [-0.25, -0.2) is 9.78 Å². The largest absolute Gasteiger partial charge is 0.480 e. The van der Waals surface area contributed by atoms with Crippen LogP contribution < -0.4 is 5.56 Å². The fourth-order valence-corrected chi connectivity index (χ4v) is 4.32. The third kappa shape index (κ3) is 3.16. The number of nitrogens with zero attached hydrogens (tertiary/aromatic N) is 3. The molecule has 0 radical (unpaired) electrons. The Hall–Kier alpha value is -2.26. The standard InChI is InChI=1S/C16H20N4O4S/c1-8-11-13(21)17-10(7-19(2)3)18-14(11)25-12(8)15(22)20-6-4-5-9(20)16(23)24/h9H,4-7H2,1-3H3,(H,23,24)(H,17,18,21). The van der Waals surface area contributed by atoms with Gasteiger partial charge in [-0.3, -0.25) is 9.59 Å². The minimum atomic E-state index is -0.992. The molecule has 1 aliphatic rings. The third-order valence-corrected chi connectivity index (χ3v) is 5.48. The smallest absolute Gasteiger partial charge is 0.326 e. The number of aromatic nitrogens is 2. The normalized spacial score (nSPS) is 17.6. The van der Waals surface area contributed by atoms with Crippen LogP contribution in [0.5, 0.6) is 0 Å². The van der Waals surface area contributed by atoms with E-state index < -0.39 is 12.0 Å². The molecule has 3 heterocycles. The molecule has 9 heteroatoms. The van der Waals surface area contributed by atoms with Crippen molar-refractivity contribution >= 4 is 33.4 Å². The second-order valence-corrected chi connectivity index (χ2v) is 7.48. The molecule has 8 nitrogen and oxygen atoms in total. The first kappa shape index (κ1) is 17.6. The van der Waals surface area contributed by atoms with Crippen LogP contribution in [0.2, 0.25) is 0 Å². The van der Waals surface area contributed by atoms with Crippen LogP contribution in [-0.2, 0) is 11.3 Å². The maximum Gasteiger partial charge on any atom is 0.326 e. The Kier molecular flexibility index (Phi) is 4.61. The zero-order chi connectivity index (χ0) is 18.3. The molecule has 1 unspecified atom stereocenters. The van der Waals surface area contributed by atoms with E-state index in [2.05, 4.69) is 9.97 Å². The SMILES string of the molecule is Cc1c(C(=O)N2CCCC2C(=O)O)sc2nc(CN(C)C)[nH]c(=O)c12. The number of thiophene rings is 1. The van der Waals surface area contributed by atoms with E-state index in [9.17, 15) is 19.5 Å². The van der Waals surface area contributed by atoms with Crippen LogP contribution in [0.15, 0.2) is 4.79 Å². The van der Waals surface area contributed by atoms with Gasteiger partial charge >= 0.3 is 5.97 Å². The zero-order valence-electron chi connectivity index (χ0n) is 14.3. The van der Waals surface area contributed by atoms with E-state index in [1.165, 1.54) is 4.90 Å². The number of likely N-dealkylation sites (tertiary alicyclic amines) is 1. The Morgan fingerprint density at radius 1 is 1.44 bits per heavy atom. The monoisotopic (exact) mass is 364 g/mol. The van der Waals surface area contributed by atoms with Crippen LogP contribution in [0.25, 0.3) is 10.2 Å². The number of aromatic amines is 1. The Bertz CT molecular complexity index is 901. The molecule has 134 valence electrons. The van der Waals surface area contributed by atoms with Gasteiger partial charge in [-0.05, 0) is 39.4 Å². The van der Waals surface area contributed by atoms with Gasteiger partial charge in [0.15, 0.2) is 0 Å². The van der Waals surface area contributed by atoms with E-state index in [4.69, 9.17) is 0 Å². The maximum atomic E-state index is 12.9. The third-order valence-electron chi connectivity index (χ3n) is 4.31. The van der Waals surface area contributed by atoms with Crippen molar-refractivity contribution < 1.29 is 14.7 Å². The van der Waals surface area contributed by atoms with Gasteiger partial charge in [0, 0.05) is 6.54 Å². The first-order chi connectivity index (χ1) is 11.8. The van der Waals surface area contributed by atoms with E-state index >= 15 is 0 Å². The van der Waals surface area contributed by atoms with Gasteiger partial charge < -0.3 is 19.9 Å². The molecule has 0 spiro atoms. The van der Waals surface area contributed by atoms with E-state index in [1.807, 2.05) is 19.0 Å². The summed E-state index contributed by atoms with van der Waals surface area (Å²) in [5, 5.41) is 9.70. The Morgan fingerprint density at radius 2 is 2.16 bits per heavy atom. The Morgan fingerprint density at radius 3 is 2.80 bits per heavy atom. The van der Waals surface area contributed by atoms with Gasteiger partial charge in [0.2, 0.25) is 0 Å². The van der Waals surface area contributed by atoms with Crippen molar-refractivity contribution in [3.8, 4) is 0 Å². The summed E-state index contributed by atoms with van der Waals surface area (Å²) in [6.07, 6.45) is 1.12. The van der Waals surface area contributed by atoms with E-state index in [0.29, 0.717) is 52.4 Å². The van der Waals surface area contributed by atoms with Crippen LogP contribution in [0.3, 0.4) is 0 Å². The quantitative estimate of drug-likeness (QED) is 0.840. The molecule has 0 saturated carbocycles. The number of carbonyl (C=O) groups excluding carboxylic acids is 1. The van der Waals surface area contributed by atoms with Gasteiger partial charge in [-0.1, -0.05) is 0 Å². The average Bonchev–Trinajstić information content (AvgIpc) is 3.11. The van der Waals surface area contributed by atoms with Crippen LogP contribution in [-0.4, -0.2) is 63.4 Å². The number of nitrogens with one attached hydrogen (secondary N) is 1. The first-order valence-electron chi connectivity index (χ1n) is 8.00. The summed E-state index contributed by atoms with van der Waals surface area (Å²) < 4.78 is 0. The number of carboxylic acids is 1. The number of carbonyl (C=O) groups is 2. The highest BCUT2D eigenvalue weighted by Crippen LogP contribution is 2.30. The van der Waals surface area contributed by atoms with Crippen molar-refractivity contribution in [2.75, 3.05) is 20.6 Å². The van der Waals surface area contributed by atoms with Gasteiger partial charge in [-0.2, -0.15) is 0 Å². The number of amides is 1. The molecule has 0 bridgehead atoms. The summed E-state index contributed by atoms with van der Waals surface area (Å²) in [5.74, 6) is -0.792.